The van der Waals surface area contributed by atoms with Gasteiger partial charge >= 0.3 is 0 Å². The molecule has 1 aliphatic rings. The third-order valence-electron chi connectivity index (χ3n) is 2.63. The first-order chi connectivity index (χ1) is 6.29. The highest BCUT2D eigenvalue weighted by Gasteiger charge is 2.03. The lowest BCUT2D eigenvalue weighted by atomic mass is 10.1. The van der Waals surface area contributed by atoms with Gasteiger partial charge in [0.2, 0.25) is 0 Å². The molecule has 0 atom stereocenters. The molecule has 0 saturated heterocycles. The zero-order valence-electron chi connectivity index (χ0n) is 8.64. The summed E-state index contributed by atoms with van der Waals surface area (Å²) < 4.78 is 0. The number of allylic oxidation sites excluding steroid dienone is 2. The maximum Gasteiger partial charge on any atom is 0.136 e. The summed E-state index contributed by atoms with van der Waals surface area (Å²) in [6.07, 6.45) is 11.2. The fraction of sp³-hybridized carbons (Fsp3) is 0.750. The lowest BCUT2D eigenvalue weighted by Crippen LogP contribution is -1.97. The number of rotatable bonds is 0. The van der Waals surface area contributed by atoms with Crippen molar-refractivity contribution in [1.82, 2.24) is 0 Å². The highest BCUT2D eigenvalue weighted by atomic mass is 16.1. The average molecular weight is 180 g/mol. The summed E-state index contributed by atoms with van der Waals surface area (Å²) in [6.45, 7) is 2.08. The maximum atomic E-state index is 11.4. The van der Waals surface area contributed by atoms with Gasteiger partial charge in [-0.05, 0) is 26.2 Å². The fourth-order valence-corrected chi connectivity index (χ4v) is 1.82. The van der Waals surface area contributed by atoms with E-state index in [0.29, 0.717) is 12.2 Å². The van der Waals surface area contributed by atoms with Gasteiger partial charge in [-0.2, -0.15) is 0 Å². The van der Waals surface area contributed by atoms with Gasteiger partial charge in [0, 0.05) is 12.8 Å². The summed E-state index contributed by atoms with van der Waals surface area (Å²) in [7, 11) is 0. The van der Waals surface area contributed by atoms with Crippen LogP contribution in [0.1, 0.15) is 58.3 Å². The lowest BCUT2D eigenvalue weighted by molar-refractivity contribution is -0.118. The highest BCUT2D eigenvalue weighted by Crippen LogP contribution is 2.14. The van der Waals surface area contributed by atoms with Gasteiger partial charge < -0.3 is 0 Å². The summed E-state index contributed by atoms with van der Waals surface area (Å²) in [6, 6.07) is 0. The molecule has 1 nitrogen and oxygen atoms in total. The normalized spacial score (nSPS) is 25.9. The molecule has 13 heavy (non-hydrogen) atoms. The van der Waals surface area contributed by atoms with Crippen LogP contribution in [0.25, 0.3) is 0 Å². The van der Waals surface area contributed by atoms with Crippen LogP contribution in [0.5, 0.6) is 0 Å². The van der Waals surface area contributed by atoms with Gasteiger partial charge in [0.15, 0.2) is 0 Å². The molecule has 0 aliphatic heterocycles. The van der Waals surface area contributed by atoms with Crippen molar-refractivity contribution in [3.8, 4) is 0 Å². The lowest BCUT2D eigenvalue weighted by Gasteiger charge is -1.99. The summed E-state index contributed by atoms with van der Waals surface area (Å²) >= 11 is 0. The number of hydrogen-bond acceptors (Lipinski definition) is 1. The molecule has 0 saturated carbocycles. The number of Topliss-reactive ketones (excluding diaryl/α,β-unsaturated/α-hetero) is 1. The molecule has 74 valence electrons. The number of carbonyl (C=O) groups is 1. The molecule has 0 N–H and O–H groups in total. The van der Waals surface area contributed by atoms with Crippen LogP contribution in [0.4, 0.5) is 0 Å². The van der Waals surface area contributed by atoms with E-state index in [-0.39, 0.29) is 0 Å². The minimum absolute atomic E-state index is 0.427. The van der Waals surface area contributed by atoms with Gasteiger partial charge in [0.1, 0.15) is 5.78 Å². The Morgan fingerprint density at radius 1 is 1.08 bits per heavy atom. The summed E-state index contributed by atoms with van der Waals surface area (Å²) in [4.78, 5) is 11.4. The van der Waals surface area contributed by atoms with Crippen LogP contribution in [-0.4, -0.2) is 5.78 Å². The smallest absolute Gasteiger partial charge is 0.136 e. The van der Waals surface area contributed by atoms with Gasteiger partial charge in [-0.1, -0.05) is 30.9 Å². The third-order valence-corrected chi connectivity index (χ3v) is 2.63. The van der Waals surface area contributed by atoms with Crippen LogP contribution < -0.4 is 0 Å². The molecule has 0 heterocycles. The molecule has 0 fully saturated rings. The van der Waals surface area contributed by atoms with Crippen LogP contribution in [0, 0.1) is 0 Å². The van der Waals surface area contributed by atoms with E-state index in [9.17, 15) is 4.79 Å². The van der Waals surface area contributed by atoms with Gasteiger partial charge in [0.05, 0.1) is 0 Å². The van der Waals surface area contributed by atoms with E-state index in [4.69, 9.17) is 0 Å². The molecule has 1 aliphatic carbocycles. The Balaban J connectivity index is 2.41. The van der Waals surface area contributed by atoms with E-state index in [2.05, 4.69) is 13.0 Å². The standard InChI is InChI=1S/C12H20O/c1-11-8-6-4-2-3-5-7-9-12(13)10-11/h8H,2-7,9-10H2,1H3/b11-8-. The van der Waals surface area contributed by atoms with Crippen molar-refractivity contribution >= 4 is 5.78 Å². The Morgan fingerprint density at radius 3 is 2.62 bits per heavy atom. The van der Waals surface area contributed by atoms with E-state index < -0.39 is 0 Å². The van der Waals surface area contributed by atoms with Crippen LogP contribution in [0.3, 0.4) is 0 Å². The molecular weight excluding hydrogens is 160 g/mol. The highest BCUT2D eigenvalue weighted by molar-refractivity contribution is 5.80. The van der Waals surface area contributed by atoms with Crippen molar-refractivity contribution in [2.45, 2.75) is 58.3 Å². The molecule has 0 amide bonds. The number of carbonyl (C=O) groups excluding carboxylic acids is 1. The molecule has 0 aromatic heterocycles. The van der Waals surface area contributed by atoms with Crippen molar-refractivity contribution in [2.75, 3.05) is 0 Å². The Bertz CT molecular complexity index is 191. The van der Waals surface area contributed by atoms with Crippen LogP contribution in [-0.2, 0) is 4.79 Å². The molecule has 0 unspecified atom stereocenters. The van der Waals surface area contributed by atoms with Crippen LogP contribution in [0.15, 0.2) is 11.6 Å². The van der Waals surface area contributed by atoms with E-state index in [1.54, 1.807) is 0 Å². The molecule has 0 aromatic rings. The minimum Gasteiger partial charge on any atom is -0.299 e. The second-order valence-electron chi connectivity index (χ2n) is 4.07. The van der Waals surface area contributed by atoms with E-state index in [0.717, 1.165) is 12.8 Å². The monoisotopic (exact) mass is 180 g/mol. The number of ketones is 1. The average Bonchev–Trinajstić information content (AvgIpc) is 2.11. The van der Waals surface area contributed by atoms with Crippen molar-refractivity contribution in [3.63, 3.8) is 0 Å². The molecule has 1 rings (SSSR count). The van der Waals surface area contributed by atoms with E-state index in [1.165, 1.54) is 37.7 Å². The van der Waals surface area contributed by atoms with Crippen molar-refractivity contribution < 1.29 is 4.79 Å². The maximum absolute atomic E-state index is 11.4. The van der Waals surface area contributed by atoms with Gasteiger partial charge in [-0.15, -0.1) is 0 Å². The topological polar surface area (TPSA) is 17.1 Å². The predicted octanol–water partition coefficient (Wildman–Crippen LogP) is 3.64. The van der Waals surface area contributed by atoms with Gasteiger partial charge in [0.25, 0.3) is 0 Å². The SMILES string of the molecule is C/C1=C/CCCCCCCC(=O)C1. The Morgan fingerprint density at radius 2 is 1.77 bits per heavy atom. The first-order valence-electron chi connectivity index (χ1n) is 5.46. The fourth-order valence-electron chi connectivity index (χ4n) is 1.82. The van der Waals surface area contributed by atoms with Crippen LogP contribution >= 0.6 is 0 Å². The third kappa shape index (κ3) is 4.87. The van der Waals surface area contributed by atoms with Crippen molar-refractivity contribution in [2.24, 2.45) is 0 Å². The zero-order valence-corrected chi connectivity index (χ0v) is 8.64. The van der Waals surface area contributed by atoms with Gasteiger partial charge in [-0.3, -0.25) is 4.79 Å². The Labute approximate surface area is 81.2 Å². The first kappa shape index (κ1) is 10.5. The molecule has 0 aromatic carbocycles. The number of hydrogen-bond donors (Lipinski definition) is 0. The second kappa shape index (κ2) is 5.95. The largest absolute Gasteiger partial charge is 0.299 e. The first-order valence-corrected chi connectivity index (χ1v) is 5.46. The summed E-state index contributed by atoms with van der Waals surface area (Å²) in [5.41, 5.74) is 1.27. The molecule has 0 radical (unpaired) electrons. The zero-order chi connectivity index (χ0) is 9.52. The van der Waals surface area contributed by atoms with E-state index in [1.807, 2.05) is 0 Å². The van der Waals surface area contributed by atoms with E-state index >= 15 is 0 Å². The van der Waals surface area contributed by atoms with Crippen molar-refractivity contribution in [3.05, 3.63) is 11.6 Å². The summed E-state index contributed by atoms with van der Waals surface area (Å²) in [5, 5.41) is 0. The quantitative estimate of drug-likeness (QED) is 0.520. The molecule has 0 spiro atoms. The molecule has 0 bridgehead atoms. The Kier molecular flexibility index (Phi) is 4.81. The molecular formula is C12H20O. The second-order valence-corrected chi connectivity index (χ2v) is 4.07. The summed E-state index contributed by atoms with van der Waals surface area (Å²) in [5.74, 6) is 0.427. The Hall–Kier alpha value is -0.590. The molecule has 1 heteroatoms. The van der Waals surface area contributed by atoms with Crippen molar-refractivity contribution in [1.29, 1.82) is 0 Å². The minimum atomic E-state index is 0.427. The predicted molar refractivity (Wildman–Crippen MR) is 55.7 cm³/mol. The van der Waals surface area contributed by atoms with Gasteiger partial charge in [-0.25, -0.2) is 0 Å². The van der Waals surface area contributed by atoms with Crippen LogP contribution in [0.2, 0.25) is 0 Å².